The summed E-state index contributed by atoms with van der Waals surface area (Å²) in [7, 11) is 0. The first-order valence-electron chi connectivity index (χ1n) is 14.0. The smallest absolute Gasteiger partial charge is 0.410 e. The fourth-order valence-corrected chi connectivity index (χ4v) is 5.85. The third-order valence-corrected chi connectivity index (χ3v) is 7.79. The zero-order chi connectivity index (χ0) is 27.9. The number of nitriles is 1. The van der Waals surface area contributed by atoms with Crippen molar-refractivity contribution in [1.29, 1.82) is 5.26 Å². The molecule has 2 heterocycles. The van der Waals surface area contributed by atoms with Gasteiger partial charge in [0.25, 0.3) is 6.43 Å². The fourth-order valence-electron chi connectivity index (χ4n) is 5.85. The van der Waals surface area contributed by atoms with Gasteiger partial charge < -0.3 is 4.74 Å². The molecule has 1 aromatic carbocycles. The molecule has 0 aromatic heterocycles. The molecule has 0 radical (unpaired) electrons. The van der Waals surface area contributed by atoms with Crippen molar-refractivity contribution in [3.05, 3.63) is 35.4 Å². The second kappa shape index (κ2) is 13.5. The number of alkyl halides is 2. The van der Waals surface area contributed by atoms with Gasteiger partial charge in [0.15, 0.2) is 5.78 Å². The highest BCUT2D eigenvalue weighted by Crippen LogP contribution is 2.31. The molecule has 2 aliphatic rings. The molecule has 8 heteroatoms. The average molecular weight is 532 g/mol. The average Bonchev–Trinajstić information content (AvgIpc) is 2.87. The van der Waals surface area contributed by atoms with Gasteiger partial charge in [-0.2, -0.15) is 5.26 Å². The molecule has 38 heavy (non-hydrogen) atoms. The molecule has 2 saturated heterocycles. The van der Waals surface area contributed by atoms with E-state index in [2.05, 4.69) is 18.2 Å². The topological polar surface area (TPSA) is 73.6 Å². The minimum absolute atomic E-state index is 0.0644. The largest absolute Gasteiger partial charge is 0.444 e. The predicted octanol–water partition coefficient (Wildman–Crippen LogP) is 6.20. The maximum atomic E-state index is 13.5. The van der Waals surface area contributed by atoms with E-state index >= 15 is 0 Å². The number of amides is 1. The van der Waals surface area contributed by atoms with Crippen molar-refractivity contribution in [3.63, 3.8) is 0 Å². The number of halogens is 2. The van der Waals surface area contributed by atoms with Crippen LogP contribution < -0.4 is 0 Å². The molecule has 2 aliphatic heterocycles. The first-order valence-corrected chi connectivity index (χ1v) is 14.0. The normalized spacial score (nSPS) is 22.2. The second-order valence-corrected chi connectivity index (χ2v) is 11.8. The van der Waals surface area contributed by atoms with Crippen LogP contribution in [0.25, 0.3) is 0 Å². The summed E-state index contributed by atoms with van der Waals surface area (Å²) in [4.78, 5) is 29.8. The van der Waals surface area contributed by atoms with E-state index in [0.29, 0.717) is 32.0 Å². The summed E-state index contributed by atoms with van der Waals surface area (Å²) in [5, 5.41) is 9.87. The maximum Gasteiger partial charge on any atom is 0.410 e. The molecular weight excluding hydrogens is 488 g/mol. The van der Waals surface area contributed by atoms with Gasteiger partial charge >= 0.3 is 6.09 Å². The van der Waals surface area contributed by atoms with E-state index in [0.717, 1.165) is 37.7 Å². The zero-order valence-electron chi connectivity index (χ0n) is 23.3. The summed E-state index contributed by atoms with van der Waals surface area (Å²) < 4.78 is 30.9. The fraction of sp³-hybridized carbons (Fsp3) is 0.700. The summed E-state index contributed by atoms with van der Waals surface area (Å²) in [6, 6.07) is 9.91. The van der Waals surface area contributed by atoms with Crippen LogP contribution in [0.15, 0.2) is 24.3 Å². The Labute approximate surface area is 226 Å². The van der Waals surface area contributed by atoms with Crippen molar-refractivity contribution in [2.45, 2.75) is 96.6 Å². The monoisotopic (exact) mass is 531 g/mol. The first-order chi connectivity index (χ1) is 18.0. The highest BCUT2D eigenvalue weighted by atomic mass is 19.3. The Kier molecular flexibility index (Phi) is 10.7. The molecule has 6 nitrogen and oxygen atoms in total. The van der Waals surface area contributed by atoms with Gasteiger partial charge in [0, 0.05) is 13.0 Å². The van der Waals surface area contributed by atoms with Crippen molar-refractivity contribution < 1.29 is 23.1 Å². The summed E-state index contributed by atoms with van der Waals surface area (Å²) in [6.45, 7) is 9.17. The molecule has 1 amide bonds. The molecular formula is C30H43F2N3O3. The predicted molar refractivity (Wildman–Crippen MR) is 143 cm³/mol. The zero-order valence-corrected chi connectivity index (χ0v) is 23.3. The number of Topliss-reactive ketones (excluding diaryl/α,β-unsaturated/α-hetero) is 1. The second-order valence-electron chi connectivity index (χ2n) is 11.8. The van der Waals surface area contributed by atoms with E-state index in [1.165, 1.54) is 5.56 Å². The number of hydrogen-bond acceptors (Lipinski definition) is 5. The summed E-state index contributed by atoms with van der Waals surface area (Å²) >= 11 is 0. The standard InChI is InChI=1S/C30H43F2N3O3/c1-5-23-7-6-14-35(29(37)38-30(2,3)4)28(23)26(36)18-22(19-33)17-21-8-10-24(11-9-21)25-12-15-34(16-13-25)20-27(31)32/h8-11,22-23,25,27-28H,5-7,12-18,20H2,1-4H3/t22-,23-,28+/m1/s1. The van der Waals surface area contributed by atoms with Gasteiger partial charge in [0.05, 0.1) is 24.6 Å². The van der Waals surface area contributed by atoms with Gasteiger partial charge in [-0.05, 0) is 88.9 Å². The number of nitrogens with zero attached hydrogens (tertiary/aromatic N) is 3. The Bertz CT molecular complexity index is 962. The number of rotatable bonds is 9. The van der Waals surface area contributed by atoms with E-state index < -0.39 is 30.1 Å². The third kappa shape index (κ3) is 8.49. The molecule has 0 aliphatic carbocycles. The minimum atomic E-state index is -2.29. The summed E-state index contributed by atoms with van der Waals surface area (Å²) in [5.74, 6) is -0.135. The van der Waals surface area contributed by atoms with Gasteiger partial charge in [-0.25, -0.2) is 13.6 Å². The van der Waals surface area contributed by atoms with Crippen molar-refractivity contribution in [3.8, 4) is 6.07 Å². The first kappa shape index (κ1) is 30.0. The van der Waals surface area contributed by atoms with Gasteiger partial charge in [-0.15, -0.1) is 0 Å². The third-order valence-electron chi connectivity index (χ3n) is 7.79. The molecule has 3 atom stereocenters. The van der Waals surface area contributed by atoms with Gasteiger partial charge in [0.1, 0.15) is 5.60 Å². The number of ketones is 1. The highest BCUT2D eigenvalue weighted by molar-refractivity contribution is 5.88. The number of likely N-dealkylation sites (tertiary alicyclic amines) is 2. The van der Waals surface area contributed by atoms with Gasteiger partial charge in [0.2, 0.25) is 0 Å². The molecule has 0 spiro atoms. The number of ether oxygens (including phenoxy) is 1. The molecule has 1 aromatic rings. The molecule has 0 unspecified atom stereocenters. The lowest BCUT2D eigenvalue weighted by molar-refractivity contribution is -0.128. The van der Waals surface area contributed by atoms with Crippen molar-refractivity contribution in [2.24, 2.45) is 11.8 Å². The van der Waals surface area contributed by atoms with Crippen LogP contribution in [0.1, 0.15) is 83.3 Å². The number of piperidine rings is 2. The van der Waals surface area contributed by atoms with E-state index in [1.54, 1.807) is 4.90 Å². The van der Waals surface area contributed by atoms with Crippen molar-refractivity contribution in [2.75, 3.05) is 26.2 Å². The summed E-state index contributed by atoms with van der Waals surface area (Å²) in [5.41, 5.74) is 1.53. The number of benzene rings is 1. The van der Waals surface area contributed by atoms with E-state index in [-0.39, 0.29) is 24.7 Å². The Morgan fingerprint density at radius 3 is 2.32 bits per heavy atom. The number of hydrogen-bond donors (Lipinski definition) is 0. The van der Waals surface area contributed by atoms with Crippen molar-refractivity contribution in [1.82, 2.24) is 9.80 Å². The van der Waals surface area contributed by atoms with Crippen LogP contribution in [0.2, 0.25) is 0 Å². The van der Waals surface area contributed by atoms with Crippen LogP contribution >= 0.6 is 0 Å². The number of carbonyl (C=O) groups is 2. The van der Waals surface area contributed by atoms with E-state index in [4.69, 9.17) is 4.74 Å². The molecule has 0 saturated carbocycles. The SMILES string of the molecule is CC[C@@H]1CCCN(C(=O)OC(C)(C)C)[C@@H]1C(=O)C[C@H](C#N)Cc1ccc(C2CCN(CC(F)F)CC2)cc1. The quantitative estimate of drug-likeness (QED) is 0.379. The molecule has 210 valence electrons. The molecule has 2 fully saturated rings. The number of carbonyl (C=O) groups excluding carboxylic acids is 2. The van der Waals surface area contributed by atoms with E-state index in [1.807, 2.05) is 44.7 Å². The van der Waals surface area contributed by atoms with Crippen LogP contribution in [0.5, 0.6) is 0 Å². The van der Waals surface area contributed by atoms with Crippen LogP contribution in [-0.4, -0.2) is 65.9 Å². The van der Waals surface area contributed by atoms with Gasteiger partial charge in [-0.1, -0.05) is 37.6 Å². The molecule has 3 rings (SSSR count). The lowest BCUT2D eigenvalue weighted by atomic mass is 9.81. The summed E-state index contributed by atoms with van der Waals surface area (Å²) in [6.07, 6.45) is 2.02. The van der Waals surface area contributed by atoms with Crippen LogP contribution in [0.3, 0.4) is 0 Å². The molecule has 0 N–H and O–H groups in total. The van der Waals surface area contributed by atoms with Crippen LogP contribution in [0, 0.1) is 23.2 Å². The van der Waals surface area contributed by atoms with E-state index in [9.17, 15) is 23.6 Å². The Morgan fingerprint density at radius 2 is 1.76 bits per heavy atom. The van der Waals surface area contributed by atoms with Crippen LogP contribution in [-0.2, 0) is 16.0 Å². The minimum Gasteiger partial charge on any atom is -0.444 e. The van der Waals surface area contributed by atoms with Crippen LogP contribution in [0.4, 0.5) is 13.6 Å². The lowest BCUT2D eigenvalue weighted by Gasteiger charge is -2.40. The highest BCUT2D eigenvalue weighted by Gasteiger charge is 2.40. The van der Waals surface area contributed by atoms with Crippen molar-refractivity contribution >= 4 is 11.9 Å². The Morgan fingerprint density at radius 1 is 1.11 bits per heavy atom. The Balaban J connectivity index is 1.61. The lowest BCUT2D eigenvalue weighted by Crippen LogP contribution is -2.54. The molecule has 0 bridgehead atoms. The van der Waals surface area contributed by atoms with Gasteiger partial charge in [-0.3, -0.25) is 14.6 Å². The Hall–Kier alpha value is -2.53. The maximum absolute atomic E-state index is 13.5.